The predicted molar refractivity (Wildman–Crippen MR) is 95.9 cm³/mol. The second-order valence-electron chi connectivity index (χ2n) is 5.27. The first-order chi connectivity index (χ1) is 12.0. The summed E-state index contributed by atoms with van der Waals surface area (Å²) in [4.78, 5) is 24.1. The Hall–Kier alpha value is -3.17. The van der Waals surface area contributed by atoms with Crippen molar-refractivity contribution < 1.29 is 9.53 Å². The first-order valence-electron chi connectivity index (χ1n) is 7.27. The molecule has 3 aromatic rings. The minimum absolute atomic E-state index is 0.373. The Kier molecular flexibility index (Phi) is 4.50. The topological polar surface area (TPSA) is 61.4 Å². The molecular formula is C18H13ClN4O2. The van der Waals surface area contributed by atoms with Crippen molar-refractivity contribution in [2.24, 2.45) is 7.05 Å². The molecule has 0 amide bonds. The molecule has 3 rings (SSSR count). The van der Waals surface area contributed by atoms with Gasteiger partial charge in [-0.1, -0.05) is 17.7 Å². The van der Waals surface area contributed by atoms with E-state index in [1.165, 1.54) is 13.3 Å². The van der Waals surface area contributed by atoms with E-state index >= 15 is 0 Å². The number of imidazole rings is 1. The molecule has 0 bridgehead atoms. The van der Waals surface area contributed by atoms with Crippen LogP contribution in [0.15, 0.2) is 36.9 Å². The molecule has 0 aliphatic rings. The van der Waals surface area contributed by atoms with Crippen LogP contribution < -0.4 is 0 Å². The summed E-state index contributed by atoms with van der Waals surface area (Å²) < 4.78 is 6.72. The third-order valence-electron chi connectivity index (χ3n) is 3.74. The molecule has 0 unspecified atom stereocenters. The number of esters is 1. The van der Waals surface area contributed by atoms with Crippen LogP contribution in [0, 0.1) is 6.57 Å². The lowest BCUT2D eigenvalue weighted by Crippen LogP contribution is -2.05. The smallest absolute Gasteiger partial charge is 0.338 e. The second-order valence-corrected chi connectivity index (χ2v) is 5.68. The van der Waals surface area contributed by atoms with Gasteiger partial charge in [0.15, 0.2) is 6.20 Å². The maximum atomic E-state index is 12.3. The summed E-state index contributed by atoms with van der Waals surface area (Å²) in [5.41, 5.74) is 2.92. The molecule has 6 nitrogen and oxygen atoms in total. The van der Waals surface area contributed by atoms with Crippen LogP contribution in [0.25, 0.3) is 33.2 Å². The molecule has 2 heterocycles. The van der Waals surface area contributed by atoms with Gasteiger partial charge in [0, 0.05) is 17.5 Å². The lowest BCUT2D eigenvalue weighted by molar-refractivity contribution is 0.0603. The number of fused-ring (bicyclic) bond motifs is 1. The van der Waals surface area contributed by atoms with Gasteiger partial charge in [-0.25, -0.2) is 19.6 Å². The number of hydrogen-bond acceptors (Lipinski definition) is 4. The van der Waals surface area contributed by atoms with Gasteiger partial charge in [0.2, 0.25) is 0 Å². The molecule has 0 radical (unpaired) electrons. The van der Waals surface area contributed by atoms with Crippen LogP contribution in [-0.4, -0.2) is 27.6 Å². The van der Waals surface area contributed by atoms with Crippen molar-refractivity contribution in [1.29, 1.82) is 0 Å². The fourth-order valence-electron chi connectivity index (χ4n) is 2.52. The number of carbonyl (C=O) groups is 1. The first-order valence-corrected chi connectivity index (χ1v) is 7.65. The highest BCUT2D eigenvalue weighted by molar-refractivity contribution is 6.33. The SMILES string of the molecule is [C-]#[N+]/C=C/c1cc2c(C(=O)OC)cc(-c3cncn3C)nc2cc1Cl. The standard InChI is InChI=1S/C18H13ClN4O2/c1-20-5-4-11-6-12-13(18(24)25-3)7-16(17-9-21-10-23(17)2)22-15(12)8-14(11)19/h4-10H,2-3H3/b5-4+. The molecule has 0 saturated carbocycles. The number of carbonyl (C=O) groups excluding carboxylic acids is 1. The highest BCUT2D eigenvalue weighted by Crippen LogP contribution is 2.30. The number of methoxy groups -OCH3 is 1. The number of hydrogen-bond donors (Lipinski definition) is 0. The van der Waals surface area contributed by atoms with Crippen LogP contribution in [0.1, 0.15) is 15.9 Å². The Morgan fingerprint density at radius 2 is 2.20 bits per heavy atom. The molecule has 7 heteroatoms. The largest absolute Gasteiger partial charge is 0.465 e. The fraction of sp³-hybridized carbons (Fsp3) is 0.111. The molecular weight excluding hydrogens is 340 g/mol. The molecule has 0 fully saturated rings. The minimum Gasteiger partial charge on any atom is -0.465 e. The average molecular weight is 353 g/mol. The second kappa shape index (κ2) is 6.75. The minimum atomic E-state index is -0.474. The Balaban J connectivity index is 2.32. The number of aromatic nitrogens is 3. The summed E-state index contributed by atoms with van der Waals surface area (Å²) in [5, 5.41) is 1.05. The van der Waals surface area contributed by atoms with Crippen LogP contribution in [0.2, 0.25) is 5.02 Å². The van der Waals surface area contributed by atoms with E-state index in [9.17, 15) is 4.79 Å². The van der Waals surface area contributed by atoms with Crippen molar-refractivity contribution in [3.05, 3.63) is 64.5 Å². The number of ether oxygens (including phenoxy) is 1. The number of nitrogens with zero attached hydrogens (tertiary/aromatic N) is 4. The average Bonchev–Trinajstić information content (AvgIpc) is 3.04. The van der Waals surface area contributed by atoms with E-state index in [2.05, 4.69) is 14.8 Å². The van der Waals surface area contributed by atoms with Gasteiger partial charge in [-0.05, 0) is 23.8 Å². The quantitative estimate of drug-likeness (QED) is 0.528. The summed E-state index contributed by atoms with van der Waals surface area (Å²) in [6.07, 6.45) is 6.22. The number of pyridine rings is 1. The normalized spacial score (nSPS) is 11.0. The van der Waals surface area contributed by atoms with E-state index in [4.69, 9.17) is 22.9 Å². The molecule has 0 N–H and O–H groups in total. The van der Waals surface area contributed by atoms with Crippen molar-refractivity contribution in [1.82, 2.24) is 14.5 Å². The first kappa shape index (κ1) is 16.7. The summed E-state index contributed by atoms with van der Waals surface area (Å²) in [6.45, 7) is 6.85. The number of aryl methyl sites for hydroxylation is 1. The van der Waals surface area contributed by atoms with Crippen molar-refractivity contribution in [3.63, 3.8) is 0 Å². The summed E-state index contributed by atoms with van der Waals surface area (Å²) in [6, 6.07) is 5.07. The molecule has 0 saturated heterocycles. The zero-order valence-corrected chi connectivity index (χ0v) is 14.3. The summed E-state index contributed by atoms with van der Waals surface area (Å²) >= 11 is 6.29. The van der Waals surface area contributed by atoms with Gasteiger partial charge in [0.1, 0.15) is 0 Å². The van der Waals surface area contributed by atoms with Crippen LogP contribution in [0.3, 0.4) is 0 Å². The number of rotatable bonds is 3. The number of halogens is 1. The molecule has 0 aliphatic carbocycles. The van der Waals surface area contributed by atoms with Crippen molar-refractivity contribution in [2.75, 3.05) is 7.11 Å². The molecule has 124 valence electrons. The van der Waals surface area contributed by atoms with Crippen LogP contribution in [0.4, 0.5) is 0 Å². The van der Waals surface area contributed by atoms with E-state index in [1.807, 2.05) is 11.6 Å². The van der Waals surface area contributed by atoms with Gasteiger partial charge in [-0.3, -0.25) is 0 Å². The van der Waals surface area contributed by atoms with Crippen molar-refractivity contribution >= 4 is 34.5 Å². The predicted octanol–water partition coefficient (Wildman–Crippen LogP) is 3.97. The van der Waals surface area contributed by atoms with Gasteiger partial charge in [0.05, 0.1) is 48.7 Å². The van der Waals surface area contributed by atoms with Gasteiger partial charge < -0.3 is 9.30 Å². The zero-order chi connectivity index (χ0) is 18.0. The molecule has 0 spiro atoms. The van der Waals surface area contributed by atoms with Crippen LogP contribution in [-0.2, 0) is 11.8 Å². The van der Waals surface area contributed by atoms with Crippen LogP contribution >= 0.6 is 11.6 Å². The number of benzene rings is 1. The Bertz CT molecular complexity index is 1050. The summed E-state index contributed by atoms with van der Waals surface area (Å²) in [5.74, 6) is -0.474. The van der Waals surface area contributed by atoms with Crippen LogP contribution in [0.5, 0.6) is 0 Å². The van der Waals surface area contributed by atoms with E-state index in [0.717, 1.165) is 5.69 Å². The lowest BCUT2D eigenvalue weighted by Gasteiger charge is -2.10. The van der Waals surface area contributed by atoms with E-state index < -0.39 is 5.97 Å². The summed E-state index contributed by atoms with van der Waals surface area (Å²) in [7, 11) is 3.17. The molecule has 2 aromatic heterocycles. The molecule has 1 aromatic carbocycles. The highest BCUT2D eigenvalue weighted by Gasteiger charge is 2.17. The monoisotopic (exact) mass is 352 g/mol. The lowest BCUT2D eigenvalue weighted by atomic mass is 10.0. The maximum Gasteiger partial charge on any atom is 0.338 e. The highest BCUT2D eigenvalue weighted by atomic mass is 35.5. The van der Waals surface area contributed by atoms with Gasteiger partial charge in [-0.2, -0.15) is 0 Å². The van der Waals surface area contributed by atoms with Gasteiger partial charge in [-0.15, -0.1) is 0 Å². The third kappa shape index (κ3) is 3.10. The van der Waals surface area contributed by atoms with Crippen molar-refractivity contribution in [2.45, 2.75) is 0 Å². The van der Waals surface area contributed by atoms with E-state index in [0.29, 0.717) is 32.7 Å². The van der Waals surface area contributed by atoms with E-state index in [-0.39, 0.29) is 0 Å². The molecule has 0 aliphatic heterocycles. The van der Waals surface area contributed by atoms with Crippen molar-refractivity contribution in [3.8, 4) is 11.4 Å². The van der Waals surface area contributed by atoms with Gasteiger partial charge >= 0.3 is 5.97 Å². The van der Waals surface area contributed by atoms with Gasteiger partial charge in [0.25, 0.3) is 0 Å². The molecule has 0 atom stereocenters. The third-order valence-corrected chi connectivity index (χ3v) is 4.07. The molecule has 25 heavy (non-hydrogen) atoms. The zero-order valence-electron chi connectivity index (χ0n) is 13.5. The maximum absolute atomic E-state index is 12.3. The fourth-order valence-corrected chi connectivity index (χ4v) is 2.74. The Labute approximate surface area is 149 Å². The Morgan fingerprint density at radius 1 is 1.40 bits per heavy atom. The van der Waals surface area contributed by atoms with E-state index in [1.54, 1.807) is 36.8 Å². The Morgan fingerprint density at radius 3 is 2.84 bits per heavy atom.